The molecule has 2 N–H and O–H groups in total. The number of nitrogens with two attached hydrogens (primary N) is 1. The van der Waals surface area contributed by atoms with Gasteiger partial charge in [0.25, 0.3) is 0 Å². The second-order valence-electron chi connectivity index (χ2n) is 3.96. The van der Waals surface area contributed by atoms with Gasteiger partial charge >= 0.3 is 0 Å². The van der Waals surface area contributed by atoms with Crippen molar-refractivity contribution in [1.29, 1.82) is 0 Å². The second-order valence-corrected chi connectivity index (χ2v) is 4.39. The van der Waals surface area contributed by atoms with Crippen molar-refractivity contribution < 1.29 is 4.79 Å². The molecular weight excluding hydrogens is 224 g/mol. The lowest BCUT2D eigenvalue weighted by Gasteiger charge is -2.20. The van der Waals surface area contributed by atoms with E-state index in [2.05, 4.69) is 0 Å². The maximum atomic E-state index is 11.8. The van der Waals surface area contributed by atoms with E-state index in [1.165, 1.54) is 0 Å². The van der Waals surface area contributed by atoms with Crippen molar-refractivity contribution in [3.05, 3.63) is 34.9 Å². The third kappa shape index (κ3) is 3.51. The molecule has 0 saturated heterocycles. The van der Waals surface area contributed by atoms with Crippen LogP contribution in [0.4, 0.5) is 0 Å². The van der Waals surface area contributed by atoms with Crippen molar-refractivity contribution in [3.8, 4) is 0 Å². The summed E-state index contributed by atoms with van der Waals surface area (Å²) >= 11 is 5.79. The predicted molar refractivity (Wildman–Crippen MR) is 66.1 cm³/mol. The topological polar surface area (TPSA) is 46.3 Å². The molecule has 1 amide bonds. The first kappa shape index (κ1) is 13.0. The smallest absolute Gasteiger partial charge is 0.226 e. The molecule has 4 heteroatoms. The van der Waals surface area contributed by atoms with Crippen molar-refractivity contribution in [2.45, 2.75) is 13.5 Å². The first-order valence-corrected chi connectivity index (χ1v) is 5.62. The SMILES string of the molecule is CC(CN)C(=O)N(C)Cc1ccc(Cl)cc1. The van der Waals surface area contributed by atoms with Gasteiger partial charge in [0, 0.05) is 31.1 Å². The van der Waals surface area contributed by atoms with E-state index in [0.717, 1.165) is 5.56 Å². The van der Waals surface area contributed by atoms with Crippen molar-refractivity contribution in [2.24, 2.45) is 11.7 Å². The number of carbonyl (C=O) groups excluding carboxylic acids is 1. The van der Waals surface area contributed by atoms with Gasteiger partial charge in [0.15, 0.2) is 0 Å². The van der Waals surface area contributed by atoms with E-state index in [1.54, 1.807) is 11.9 Å². The van der Waals surface area contributed by atoms with Gasteiger partial charge in [-0.1, -0.05) is 30.7 Å². The molecule has 0 spiro atoms. The Morgan fingerprint density at radius 2 is 2.00 bits per heavy atom. The van der Waals surface area contributed by atoms with Gasteiger partial charge in [-0.2, -0.15) is 0 Å². The fourth-order valence-corrected chi connectivity index (χ4v) is 1.54. The molecule has 0 aliphatic heterocycles. The summed E-state index contributed by atoms with van der Waals surface area (Å²) in [4.78, 5) is 13.4. The van der Waals surface area contributed by atoms with Crippen LogP contribution in [0.15, 0.2) is 24.3 Å². The molecular formula is C12H17ClN2O. The van der Waals surface area contributed by atoms with Crippen LogP contribution in [0.5, 0.6) is 0 Å². The molecule has 0 saturated carbocycles. The average molecular weight is 241 g/mol. The lowest BCUT2D eigenvalue weighted by molar-refractivity contribution is -0.133. The molecule has 0 aromatic heterocycles. The van der Waals surface area contributed by atoms with E-state index in [4.69, 9.17) is 17.3 Å². The highest BCUT2D eigenvalue weighted by atomic mass is 35.5. The van der Waals surface area contributed by atoms with Crippen LogP contribution in [0.25, 0.3) is 0 Å². The minimum Gasteiger partial charge on any atom is -0.341 e. The zero-order chi connectivity index (χ0) is 12.1. The molecule has 88 valence electrons. The van der Waals surface area contributed by atoms with Crippen molar-refractivity contribution in [3.63, 3.8) is 0 Å². The number of halogens is 1. The molecule has 0 aliphatic carbocycles. The van der Waals surface area contributed by atoms with Crippen molar-refractivity contribution in [2.75, 3.05) is 13.6 Å². The number of benzene rings is 1. The fraction of sp³-hybridized carbons (Fsp3) is 0.417. The van der Waals surface area contributed by atoms with Crippen LogP contribution in [0, 0.1) is 5.92 Å². The highest BCUT2D eigenvalue weighted by molar-refractivity contribution is 6.30. The molecule has 16 heavy (non-hydrogen) atoms. The van der Waals surface area contributed by atoms with Crippen molar-refractivity contribution >= 4 is 17.5 Å². The molecule has 1 atom stereocenters. The van der Waals surface area contributed by atoms with E-state index in [-0.39, 0.29) is 11.8 Å². The molecule has 1 aromatic rings. The maximum Gasteiger partial charge on any atom is 0.226 e. The lowest BCUT2D eigenvalue weighted by atomic mass is 10.1. The fourth-order valence-electron chi connectivity index (χ4n) is 1.42. The number of hydrogen-bond donors (Lipinski definition) is 1. The van der Waals surface area contributed by atoms with E-state index < -0.39 is 0 Å². The average Bonchev–Trinajstić information content (AvgIpc) is 2.30. The Balaban J connectivity index is 2.60. The lowest BCUT2D eigenvalue weighted by Crippen LogP contribution is -2.34. The third-order valence-corrected chi connectivity index (χ3v) is 2.74. The molecule has 0 aliphatic rings. The predicted octanol–water partition coefficient (Wildman–Crippen LogP) is 1.89. The quantitative estimate of drug-likeness (QED) is 0.874. The molecule has 0 fully saturated rings. The monoisotopic (exact) mass is 240 g/mol. The summed E-state index contributed by atoms with van der Waals surface area (Å²) in [7, 11) is 1.78. The van der Waals surface area contributed by atoms with Gasteiger partial charge < -0.3 is 10.6 Å². The van der Waals surface area contributed by atoms with E-state index >= 15 is 0 Å². The first-order chi connectivity index (χ1) is 7.54. The number of nitrogens with zero attached hydrogens (tertiary/aromatic N) is 1. The van der Waals surface area contributed by atoms with E-state index in [1.807, 2.05) is 31.2 Å². The zero-order valence-corrected chi connectivity index (χ0v) is 10.4. The molecule has 0 radical (unpaired) electrons. The summed E-state index contributed by atoms with van der Waals surface area (Å²) in [6, 6.07) is 7.47. The normalized spacial score (nSPS) is 12.2. The highest BCUT2D eigenvalue weighted by Crippen LogP contribution is 2.11. The van der Waals surface area contributed by atoms with Gasteiger partial charge in [-0.25, -0.2) is 0 Å². The largest absolute Gasteiger partial charge is 0.341 e. The van der Waals surface area contributed by atoms with Crippen molar-refractivity contribution in [1.82, 2.24) is 4.90 Å². The van der Waals surface area contributed by atoms with Crippen LogP contribution in [0.1, 0.15) is 12.5 Å². The van der Waals surface area contributed by atoms with Gasteiger partial charge in [0.1, 0.15) is 0 Å². The summed E-state index contributed by atoms with van der Waals surface area (Å²) < 4.78 is 0. The Bertz CT molecular complexity index is 351. The summed E-state index contributed by atoms with van der Waals surface area (Å²) in [6.07, 6.45) is 0. The zero-order valence-electron chi connectivity index (χ0n) is 9.61. The van der Waals surface area contributed by atoms with Gasteiger partial charge in [0.05, 0.1) is 0 Å². The summed E-state index contributed by atoms with van der Waals surface area (Å²) in [5.41, 5.74) is 6.52. The summed E-state index contributed by atoms with van der Waals surface area (Å²) in [5, 5.41) is 0.702. The van der Waals surface area contributed by atoms with Crippen LogP contribution >= 0.6 is 11.6 Å². The van der Waals surface area contributed by atoms with Gasteiger partial charge in [-0.15, -0.1) is 0 Å². The summed E-state index contributed by atoms with van der Waals surface area (Å²) in [5.74, 6) is -0.0604. The van der Waals surface area contributed by atoms with Crippen LogP contribution < -0.4 is 5.73 Å². The minimum absolute atomic E-state index is 0.0671. The van der Waals surface area contributed by atoms with Crippen LogP contribution in [0.2, 0.25) is 5.02 Å². The Morgan fingerprint density at radius 1 is 1.44 bits per heavy atom. The number of amides is 1. The van der Waals surface area contributed by atoms with Gasteiger partial charge in [-0.05, 0) is 17.7 Å². The number of hydrogen-bond acceptors (Lipinski definition) is 2. The van der Waals surface area contributed by atoms with E-state index in [0.29, 0.717) is 18.1 Å². The van der Waals surface area contributed by atoms with Crippen LogP contribution in [0.3, 0.4) is 0 Å². The minimum atomic E-state index is -0.127. The standard InChI is InChI=1S/C12H17ClN2O/c1-9(7-14)12(16)15(2)8-10-3-5-11(13)6-4-10/h3-6,9H,7-8,14H2,1-2H3. The third-order valence-electron chi connectivity index (χ3n) is 2.48. The molecule has 0 heterocycles. The first-order valence-electron chi connectivity index (χ1n) is 5.24. The van der Waals surface area contributed by atoms with Gasteiger partial charge in [-0.3, -0.25) is 4.79 Å². The Hall–Kier alpha value is -1.06. The molecule has 3 nitrogen and oxygen atoms in total. The second kappa shape index (κ2) is 5.87. The Morgan fingerprint density at radius 3 is 2.50 bits per heavy atom. The molecule has 0 bridgehead atoms. The molecule has 1 unspecified atom stereocenters. The molecule has 1 aromatic carbocycles. The van der Waals surface area contributed by atoms with Crippen LogP contribution in [-0.4, -0.2) is 24.4 Å². The highest BCUT2D eigenvalue weighted by Gasteiger charge is 2.15. The van der Waals surface area contributed by atoms with Gasteiger partial charge in [0.2, 0.25) is 5.91 Å². The Kier molecular flexibility index (Phi) is 4.77. The summed E-state index contributed by atoms with van der Waals surface area (Å²) in [6.45, 7) is 2.80. The molecule has 1 rings (SSSR count). The maximum absolute atomic E-state index is 11.8. The van der Waals surface area contributed by atoms with Crippen LogP contribution in [-0.2, 0) is 11.3 Å². The number of rotatable bonds is 4. The Labute approximate surface area is 101 Å². The number of carbonyl (C=O) groups is 1. The van der Waals surface area contributed by atoms with E-state index in [9.17, 15) is 4.79 Å².